The zero-order chi connectivity index (χ0) is 19.1. The van der Waals surface area contributed by atoms with Gasteiger partial charge in [0, 0.05) is 11.3 Å². The molecule has 2 rings (SSSR count). The van der Waals surface area contributed by atoms with Gasteiger partial charge in [0.1, 0.15) is 5.75 Å². The molecule has 1 amide bonds. The molecule has 0 unspecified atom stereocenters. The van der Waals surface area contributed by atoms with Crippen molar-refractivity contribution >= 4 is 24.2 Å². The highest BCUT2D eigenvalue weighted by molar-refractivity contribution is 6.58. The van der Waals surface area contributed by atoms with Crippen molar-refractivity contribution in [1.29, 1.82) is 0 Å². The van der Waals surface area contributed by atoms with Gasteiger partial charge >= 0.3 is 7.12 Å². The summed E-state index contributed by atoms with van der Waals surface area (Å²) < 4.78 is 5.40. The molecule has 26 heavy (non-hydrogen) atoms. The van der Waals surface area contributed by atoms with Crippen LogP contribution in [0.15, 0.2) is 42.5 Å². The summed E-state index contributed by atoms with van der Waals surface area (Å²) in [6, 6.07) is 11.8. The Morgan fingerprint density at radius 1 is 1.15 bits per heavy atom. The highest BCUT2D eigenvalue weighted by atomic mass is 16.5. The number of methoxy groups -OCH3 is 1. The van der Waals surface area contributed by atoms with E-state index in [0.29, 0.717) is 16.7 Å². The fourth-order valence-electron chi connectivity index (χ4n) is 2.64. The molecule has 7 heteroatoms. The molecule has 0 aliphatic heterocycles. The van der Waals surface area contributed by atoms with Gasteiger partial charge in [-0.05, 0) is 74.8 Å². The first-order chi connectivity index (χ1) is 12.4. The lowest BCUT2D eigenvalue weighted by Gasteiger charge is -2.13. The van der Waals surface area contributed by atoms with Crippen molar-refractivity contribution in [2.24, 2.45) is 0 Å². The van der Waals surface area contributed by atoms with Gasteiger partial charge in [0.15, 0.2) is 0 Å². The Kier molecular flexibility index (Phi) is 7.21. The van der Waals surface area contributed by atoms with Crippen LogP contribution in [0.2, 0.25) is 0 Å². The van der Waals surface area contributed by atoms with Crippen LogP contribution in [0, 0.1) is 0 Å². The van der Waals surface area contributed by atoms with E-state index in [1.54, 1.807) is 37.4 Å². The average molecular weight is 356 g/mol. The largest absolute Gasteiger partial charge is 0.496 e. The van der Waals surface area contributed by atoms with E-state index in [4.69, 9.17) is 14.8 Å². The Morgan fingerprint density at radius 3 is 2.42 bits per heavy atom. The van der Waals surface area contributed by atoms with Gasteiger partial charge in [-0.2, -0.15) is 0 Å². The molecule has 0 radical (unpaired) electrons. The van der Waals surface area contributed by atoms with Crippen LogP contribution in [-0.4, -0.2) is 55.7 Å². The minimum atomic E-state index is -1.52. The molecule has 138 valence electrons. The Balaban J connectivity index is 2.10. The van der Waals surface area contributed by atoms with Gasteiger partial charge in [0.2, 0.25) is 0 Å². The van der Waals surface area contributed by atoms with E-state index in [2.05, 4.69) is 10.2 Å². The number of hydrogen-bond acceptors (Lipinski definition) is 5. The van der Waals surface area contributed by atoms with E-state index in [1.165, 1.54) is 0 Å². The Bertz CT molecular complexity index is 733. The average Bonchev–Trinajstić information content (AvgIpc) is 2.61. The summed E-state index contributed by atoms with van der Waals surface area (Å²) in [4.78, 5) is 14.6. The molecular weight excluding hydrogens is 331 g/mol. The second-order valence-corrected chi connectivity index (χ2v) is 6.38. The normalized spacial score (nSPS) is 10.7. The van der Waals surface area contributed by atoms with Crippen LogP contribution in [-0.2, 0) is 6.42 Å². The molecule has 0 heterocycles. The summed E-state index contributed by atoms with van der Waals surface area (Å²) in [6.07, 6.45) is 1.80. The summed E-state index contributed by atoms with van der Waals surface area (Å²) in [5, 5.41) is 21.0. The highest BCUT2D eigenvalue weighted by Crippen LogP contribution is 2.22. The lowest BCUT2D eigenvalue weighted by molar-refractivity contribution is 0.102. The van der Waals surface area contributed by atoms with Crippen molar-refractivity contribution in [2.45, 2.75) is 12.8 Å². The van der Waals surface area contributed by atoms with Crippen LogP contribution < -0.4 is 15.5 Å². The van der Waals surface area contributed by atoms with Crippen LogP contribution in [0.3, 0.4) is 0 Å². The number of carbonyl (C=O) groups is 1. The van der Waals surface area contributed by atoms with E-state index in [1.807, 2.05) is 26.2 Å². The molecule has 0 aliphatic rings. The summed E-state index contributed by atoms with van der Waals surface area (Å²) in [5.74, 6) is 0.556. The first kappa shape index (κ1) is 20.0. The molecule has 0 saturated carbocycles. The van der Waals surface area contributed by atoms with Gasteiger partial charge in [-0.1, -0.05) is 12.1 Å². The number of carbonyl (C=O) groups excluding carboxylic acids is 1. The Hall–Kier alpha value is -2.35. The highest BCUT2D eigenvalue weighted by Gasteiger charge is 2.13. The molecule has 0 saturated heterocycles. The fraction of sp³-hybridized carbons (Fsp3) is 0.316. The van der Waals surface area contributed by atoms with Gasteiger partial charge < -0.3 is 25.0 Å². The zero-order valence-corrected chi connectivity index (χ0v) is 15.4. The van der Waals surface area contributed by atoms with Gasteiger partial charge in [-0.3, -0.25) is 4.79 Å². The Labute approximate surface area is 154 Å². The first-order valence-electron chi connectivity index (χ1n) is 8.50. The number of rotatable bonds is 8. The third-order valence-corrected chi connectivity index (χ3v) is 4.06. The minimum absolute atomic E-state index is 0.223. The quantitative estimate of drug-likeness (QED) is 0.618. The number of hydrogen-bond donors (Lipinski definition) is 3. The van der Waals surface area contributed by atoms with Gasteiger partial charge in [0.05, 0.1) is 7.11 Å². The summed E-state index contributed by atoms with van der Waals surface area (Å²) in [6.45, 7) is 0.961. The van der Waals surface area contributed by atoms with Crippen molar-refractivity contribution in [1.82, 2.24) is 4.90 Å². The standard InChI is InChI=1S/C19H25BN2O4/c1-22(2)12-4-5-14-13-15(6-11-18(14)26-3)19(23)21-17-9-7-16(8-10-17)20(24)25/h6-11,13,24-25H,4-5,12H2,1-3H3,(H,21,23). The molecule has 0 aromatic heterocycles. The zero-order valence-electron chi connectivity index (χ0n) is 15.4. The maximum Gasteiger partial charge on any atom is 0.488 e. The molecule has 0 spiro atoms. The molecule has 0 bridgehead atoms. The molecule has 0 atom stereocenters. The predicted octanol–water partition coefficient (Wildman–Crippen LogP) is 1.12. The van der Waals surface area contributed by atoms with E-state index < -0.39 is 7.12 Å². The van der Waals surface area contributed by atoms with Crippen molar-refractivity contribution < 1.29 is 19.6 Å². The van der Waals surface area contributed by atoms with Crippen LogP contribution >= 0.6 is 0 Å². The second kappa shape index (κ2) is 9.38. The number of nitrogens with zero attached hydrogens (tertiary/aromatic N) is 1. The number of aryl methyl sites for hydroxylation is 1. The smallest absolute Gasteiger partial charge is 0.488 e. The minimum Gasteiger partial charge on any atom is -0.496 e. The van der Waals surface area contributed by atoms with E-state index >= 15 is 0 Å². The monoisotopic (exact) mass is 356 g/mol. The van der Waals surface area contributed by atoms with Crippen LogP contribution in [0.1, 0.15) is 22.3 Å². The number of benzene rings is 2. The van der Waals surface area contributed by atoms with Crippen LogP contribution in [0.5, 0.6) is 5.75 Å². The van der Waals surface area contributed by atoms with E-state index in [0.717, 1.165) is 30.7 Å². The SMILES string of the molecule is COc1ccc(C(=O)Nc2ccc(B(O)O)cc2)cc1CCCN(C)C. The van der Waals surface area contributed by atoms with E-state index in [-0.39, 0.29) is 5.91 Å². The van der Waals surface area contributed by atoms with Crippen molar-refractivity contribution in [2.75, 3.05) is 33.1 Å². The molecule has 6 nitrogen and oxygen atoms in total. The maximum absolute atomic E-state index is 12.5. The van der Waals surface area contributed by atoms with E-state index in [9.17, 15) is 4.79 Å². The topological polar surface area (TPSA) is 82.0 Å². The lowest BCUT2D eigenvalue weighted by Crippen LogP contribution is -2.29. The molecule has 2 aromatic rings. The lowest BCUT2D eigenvalue weighted by atomic mass is 9.80. The summed E-state index contributed by atoms with van der Waals surface area (Å²) in [5.41, 5.74) is 2.51. The molecule has 3 N–H and O–H groups in total. The van der Waals surface area contributed by atoms with Crippen LogP contribution in [0.25, 0.3) is 0 Å². The van der Waals surface area contributed by atoms with Crippen molar-refractivity contribution in [3.05, 3.63) is 53.6 Å². The predicted molar refractivity (Wildman–Crippen MR) is 104 cm³/mol. The van der Waals surface area contributed by atoms with Crippen molar-refractivity contribution in [3.8, 4) is 5.75 Å². The second-order valence-electron chi connectivity index (χ2n) is 6.38. The molecule has 0 aliphatic carbocycles. The van der Waals surface area contributed by atoms with Gasteiger partial charge in [-0.25, -0.2) is 0 Å². The first-order valence-corrected chi connectivity index (χ1v) is 8.50. The third kappa shape index (κ3) is 5.59. The number of nitrogens with one attached hydrogen (secondary N) is 1. The molecular formula is C19H25BN2O4. The summed E-state index contributed by atoms with van der Waals surface area (Å²) >= 11 is 0. The molecule has 2 aromatic carbocycles. The molecule has 0 fully saturated rings. The summed E-state index contributed by atoms with van der Waals surface area (Å²) in [7, 11) is 4.16. The number of anilines is 1. The van der Waals surface area contributed by atoms with Crippen LogP contribution in [0.4, 0.5) is 5.69 Å². The van der Waals surface area contributed by atoms with Gasteiger partial charge in [0.25, 0.3) is 5.91 Å². The maximum atomic E-state index is 12.5. The third-order valence-electron chi connectivity index (χ3n) is 4.06. The van der Waals surface area contributed by atoms with Crippen molar-refractivity contribution in [3.63, 3.8) is 0 Å². The van der Waals surface area contributed by atoms with Gasteiger partial charge in [-0.15, -0.1) is 0 Å². The Morgan fingerprint density at radius 2 is 1.85 bits per heavy atom. The fourth-order valence-corrected chi connectivity index (χ4v) is 2.64. The number of ether oxygens (including phenoxy) is 1. The number of amides is 1.